The van der Waals surface area contributed by atoms with Crippen LogP contribution in [-0.2, 0) is 0 Å². The number of alkyl halides is 2. The first-order chi connectivity index (χ1) is 17.4. The lowest BCUT2D eigenvalue weighted by Gasteiger charge is -2.33. The molecule has 2 atom stereocenters. The molecule has 2 aromatic heterocycles. The molecule has 2 amide bonds. The summed E-state index contributed by atoms with van der Waals surface area (Å²) in [4.78, 5) is 37.1. The molecular formula is C26H35F2N5O3S. The van der Waals surface area contributed by atoms with Gasteiger partial charge in [-0.05, 0) is 71.8 Å². The van der Waals surface area contributed by atoms with Gasteiger partial charge in [-0.25, -0.2) is 18.7 Å². The zero-order valence-electron chi connectivity index (χ0n) is 21.7. The SMILES string of the molecule is C[C@H](Nc1cc(C(F)F)c(-c2sc(C(=O)NCC(C)(C)O)nc2C(=O)N2CCCC[C@@H]2C)cn1)C1CC1. The summed E-state index contributed by atoms with van der Waals surface area (Å²) in [6.07, 6.45) is 3.42. The summed E-state index contributed by atoms with van der Waals surface area (Å²) in [6.45, 7) is 7.57. The summed E-state index contributed by atoms with van der Waals surface area (Å²) in [5, 5.41) is 15.8. The number of thiazole rings is 1. The van der Waals surface area contributed by atoms with Gasteiger partial charge in [-0.15, -0.1) is 11.3 Å². The molecule has 0 bridgehead atoms. The van der Waals surface area contributed by atoms with Crippen molar-refractivity contribution in [2.45, 2.75) is 83.9 Å². The summed E-state index contributed by atoms with van der Waals surface area (Å²) in [5.41, 5.74) is -1.35. The van der Waals surface area contributed by atoms with Crippen LogP contribution in [0.4, 0.5) is 14.6 Å². The van der Waals surface area contributed by atoms with E-state index in [4.69, 9.17) is 0 Å². The lowest BCUT2D eigenvalue weighted by atomic mass is 10.0. The van der Waals surface area contributed by atoms with Crippen LogP contribution in [0.1, 0.15) is 92.1 Å². The molecule has 0 radical (unpaired) electrons. The predicted molar refractivity (Wildman–Crippen MR) is 139 cm³/mol. The van der Waals surface area contributed by atoms with E-state index in [0.29, 0.717) is 18.3 Å². The number of hydrogen-bond donors (Lipinski definition) is 3. The van der Waals surface area contributed by atoms with E-state index in [9.17, 15) is 23.5 Å². The van der Waals surface area contributed by atoms with Crippen molar-refractivity contribution in [3.8, 4) is 10.4 Å². The topological polar surface area (TPSA) is 107 Å². The van der Waals surface area contributed by atoms with Gasteiger partial charge in [-0.1, -0.05) is 0 Å². The predicted octanol–water partition coefficient (Wildman–Crippen LogP) is 4.87. The number of nitrogens with one attached hydrogen (secondary N) is 2. The van der Waals surface area contributed by atoms with Crippen molar-refractivity contribution in [1.82, 2.24) is 20.2 Å². The van der Waals surface area contributed by atoms with Crippen molar-refractivity contribution in [2.24, 2.45) is 5.92 Å². The van der Waals surface area contributed by atoms with Gasteiger partial charge in [0.25, 0.3) is 18.2 Å². The van der Waals surface area contributed by atoms with Gasteiger partial charge < -0.3 is 20.6 Å². The van der Waals surface area contributed by atoms with Crippen molar-refractivity contribution >= 4 is 29.0 Å². The van der Waals surface area contributed by atoms with Gasteiger partial charge in [0.2, 0.25) is 0 Å². The Bertz CT molecular complexity index is 1150. The molecule has 0 spiro atoms. The maximum absolute atomic E-state index is 14.3. The van der Waals surface area contributed by atoms with E-state index in [0.717, 1.165) is 43.4 Å². The van der Waals surface area contributed by atoms with Gasteiger partial charge in [0.1, 0.15) is 11.5 Å². The molecule has 2 aromatic rings. The third-order valence-electron chi connectivity index (χ3n) is 6.89. The number of carbonyl (C=O) groups excluding carboxylic acids is 2. The average Bonchev–Trinajstić information content (AvgIpc) is 3.60. The Hall–Kier alpha value is -2.66. The molecule has 1 saturated heterocycles. The third-order valence-corrected chi connectivity index (χ3v) is 7.98. The number of carbonyl (C=O) groups is 2. The van der Waals surface area contributed by atoms with Crippen LogP contribution in [0.5, 0.6) is 0 Å². The van der Waals surface area contributed by atoms with Crippen LogP contribution < -0.4 is 10.6 Å². The Kier molecular flexibility index (Phi) is 8.13. The van der Waals surface area contributed by atoms with Crippen LogP contribution in [0.25, 0.3) is 10.4 Å². The molecule has 3 N–H and O–H groups in total. The number of aromatic nitrogens is 2. The molecular weight excluding hydrogens is 500 g/mol. The monoisotopic (exact) mass is 535 g/mol. The smallest absolute Gasteiger partial charge is 0.280 e. The second kappa shape index (κ2) is 11.0. The number of hydrogen-bond acceptors (Lipinski definition) is 7. The average molecular weight is 536 g/mol. The molecule has 1 aliphatic heterocycles. The Labute approximate surface area is 219 Å². The minimum Gasteiger partial charge on any atom is -0.389 e. The van der Waals surface area contributed by atoms with E-state index in [2.05, 4.69) is 20.6 Å². The Morgan fingerprint density at radius 2 is 2.00 bits per heavy atom. The van der Waals surface area contributed by atoms with Gasteiger partial charge in [-0.3, -0.25) is 9.59 Å². The van der Waals surface area contributed by atoms with E-state index in [1.807, 2.05) is 13.8 Å². The molecule has 11 heteroatoms. The fraction of sp³-hybridized carbons (Fsp3) is 0.615. The number of anilines is 1. The summed E-state index contributed by atoms with van der Waals surface area (Å²) in [6, 6.07) is 1.42. The molecule has 202 valence electrons. The van der Waals surface area contributed by atoms with E-state index in [1.54, 1.807) is 18.7 Å². The highest BCUT2D eigenvalue weighted by Gasteiger charge is 2.33. The van der Waals surface area contributed by atoms with Crippen molar-refractivity contribution in [3.63, 3.8) is 0 Å². The highest BCUT2D eigenvalue weighted by Crippen LogP contribution is 2.39. The van der Waals surface area contributed by atoms with Gasteiger partial charge in [-0.2, -0.15) is 0 Å². The Morgan fingerprint density at radius 3 is 2.62 bits per heavy atom. The number of halogens is 2. The second-order valence-corrected chi connectivity index (χ2v) is 11.8. The summed E-state index contributed by atoms with van der Waals surface area (Å²) < 4.78 is 28.6. The summed E-state index contributed by atoms with van der Waals surface area (Å²) in [5.74, 6) is -0.102. The van der Waals surface area contributed by atoms with Crippen LogP contribution in [0.2, 0.25) is 0 Å². The maximum atomic E-state index is 14.3. The lowest BCUT2D eigenvalue weighted by Crippen LogP contribution is -2.42. The molecule has 1 saturated carbocycles. The van der Waals surface area contributed by atoms with E-state index >= 15 is 0 Å². The van der Waals surface area contributed by atoms with Gasteiger partial charge in [0, 0.05) is 42.5 Å². The number of amides is 2. The van der Waals surface area contributed by atoms with Crippen molar-refractivity contribution < 1.29 is 23.5 Å². The number of aliphatic hydroxyl groups is 1. The third kappa shape index (κ3) is 6.62. The van der Waals surface area contributed by atoms with E-state index in [1.165, 1.54) is 12.3 Å². The van der Waals surface area contributed by atoms with Gasteiger partial charge in [0.05, 0.1) is 10.5 Å². The molecule has 0 unspecified atom stereocenters. The van der Waals surface area contributed by atoms with Crippen LogP contribution in [-0.4, -0.2) is 62.6 Å². The van der Waals surface area contributed by atoms with Crippen molar-refractivity contribution in [3.05, 3.63) is 28.5 Å². The van der Waals surface area contributed by atoms with Gasteiger partial charge >= 0.3 is 0 Å². The van der Waals surface area contributed by atoms with Crippen LogP contribution in [0.3, 0.4) is 0 Å². The summed E-state index contributed by atoms with van der Waals surface area (Å²) >= 11 is 0.885. The van der Waals surface area contributed by atoms with Crippen LogP contribution >= 0.6 is 11.3 Å². The number of rotatable bonds is 9. The summed E-state index contributed by atoms with van der Waals surface area (Å²) in [7, 11) is 0. The number of piperidine rings is 1. The highest BCUT2D eigenvalue weighted by molar-refractivity contribution is 7.17. The van der Waals surface area contributed by atoms with Crippen molar-refractivity contribution in [2.75, 3.05) is 18.4 Å². The minimum atomic E-state index is -2.82. The first-order valence-corrected chi connectivity index (χ1v) is 13.6. The standard InChI is InChI=1S/C26H35F2N5O3S/c1-14-7-5-6-10-33(14)25(35)20-21(37-24(32-20)23(34)30-13-26(3,4)36)18-12-29-19(11-17(18)22(27)28)31-15(2)16-8-9-16/h11-12,14-16,22,36H,5-10,13H2,1-4H3,(H,29,31)(H,30,34)/t14-,15-/m0/s1. The number of likely N-dealkylation sites (tertiary alicyclic amines) is 1. The van der Waals surface area contributed by atoms with E-state index in [-0.39, 0.29) is 51.2 Å². The fourth-order valence-corrected chi connectivity index (χ4v) is 5.53. The first-order valence-electron chi connectivity index (χ1n) is 12.8. The first kappa shape index (κ1) is 27.4. The van der Waals surface area contributed by atoms with Crippen LogP contribution in [0.15, 0.2) is 12.3 Å². The minimum absolute atomic E-state index is 0.0218. The normalized spacial score (nSPS) is 19.1. The molecule has 0 aromatic carbocycles. The Morgan fingerprint density at radius 1 is 1.27 bits per heavy atom. The van der Waals surface area contributed by atoms with Crippen LogP contribution in [0, 0.1) is 5.92 Å². The fourth-order valence-electron chi connectivity index (χ4n) is 4.52. The Balaban J connectivity index is 1.73. The number of pyridine rings is 1. The second-order valence-electron chi connectivity index (χ2n) is 10.8. The van der Waals surface area contributed by atoms with E-state index < -0.39 is 17.9 Å². The molecule has 1 aliphatic carbocycles. The molecule has 37 heavy (non-hydrogen) atoms. The zero-order valence-corrected chi connectivity index (χ0v) is 22.5. The zero-order chi connectivity index (χ0) is 26.9. The van der Waals surface area contributed by atoms with Gasteiger partial charge in [0.15, 0.2) is 5.01 Å². The number of nitrogens with zero attached hydrogens (tertiary/aromatic N) is 3. The molecule has 4 rings (SSSR count). The molecule has 8 nitrogen and oxygen atoms in total. The maximum Gasteiger partial charge on any atom is 0.280 e. The molecule has 2 aliphatic rings. The highest BCUT2D eigenvalue weighted by atomic mass is 32.1. The molecule has 2 fully saturated rings. The lowest BCUT2D eigenvalue weighted by molar-refractivity contribution is 0.0630. The largest absolute Gasteiger partial charge is 0.389 e. The molecule has 3 heterocycles. The van der Waals surface area contributed by atoms with Crippen molar-refractivity contribution in [1.29, 1.82) is 0 Å². The quantitative estimate of drug-likeness (QED) is 0.423.